The Labute approximate surface area is 225 Å². The number of nitrogens with zero attached hydrogens (tertiary/aromatic N) is 6. The summed E-state index contributed by atoms with van der Waals surface area (Å²) in [6, 6.07) is 12.6. The van der Waals surface area contributed by atoms with Gasteiger partial charge in [-0.3, -0.25) is 14.0 Å². The number of ether oxygens (including phenoxy) is 1. The van der Waals surface area contributed by atoms with Crippen molar-refractivity contribution in [1.29, 1.82) is 5.26 Å². The molecule has 10 nitrogen and oxygen atoms in total. The van der Waals surface area contributed by atoms with Crippen LogP contribution in [0, 0.1) is 24.1 Å². The van der Waals surface area contributed by atoms with Crippen molar-refractivity contribution in [1.82, 2.24) is 19.1 Å². The van der Waals surface area contributed by atoms with E-state index in [2.05, 4.69) is 15.1 Å². The maximum atomic E-state index is 14.7. The molecule has 0 N–H and O–H groups in total. The van der Waals surface area contributed by atoms with Crippen molar-refractivity contribution in [2.24, 2.45) is 4.99 Å². The number of halogens is 2. The number of carbonyl (C=O) groups excluding carboxylic acids is 1. The largest absolute Gasteiger partial charge is 0.385 e. The summed E-state index contributed by atoms with van der Waals surface area (Å²) in [4.78, 5) is 35.8. The Balaban J connectivity index is 1.80. The Hall–Kier alpha value is -4.66. The molecule has 0 bridgehead atoms. The quantitative estimate of drug-likeness (QED) is 0.232. The number of methoxy groups -OCH3 is 1. The minimum Gasteiger partial charge on any atom is -0.385 e. The van der Waals surface area contributed by atoms with Gasteiger partial charge in [0.15, 0.2) is 5.49 Å². The Morgan fingerprint density at radius 2 is 2.10 bits per heavy atom. The highest BCUT2D eigenvalue weighted by atomic mass is 35.5. The predicted octanol–water partition coefficient (Wildman–Crippen LogP) is 4.05. The summed E-state index contributed by atoms with van der Waals surface area (Å²) < 4.78 is 28.0. The van der Waals surface area contributed by atoms with Gasteiger partial charge in [0, 0.05) is 26.5 Å². The maximum Gasteiger partial charge on any atom is 0.284 e. The van der Waals surface area contributed by atoms with Gasteiger partial charge >= 0.3 is 0 Å². The number of rotatable bonds is 6. The van der Waals surface area contributed by atoms with Crippen LogP contribution in [-0.2, 0) is 11.3 Å². The van der Waals surface area contributed by atoms with E-state index in [1.807, 2.05) is 6.07 Å². The lowest BCUT2D eigenvalue weighted by molar-refractivity contribution is 0.0996. The molecule has 0 aliphatic heterocycles. The molecule has 0 spiro atoms. The highest BCUT2D eigenvalue weighted by Crippen LogP contribution is 2.33. The molecule has 0 saturated carbocycles. The van der Waals surface area contributed by atoms with E-state index < -0.39 is 11.7 Å². The van der Waals surface area contributed by atoms with Gasteiger partial charge in [-0.25, -0.2) is 9.37 Å². The Kier molecular flexibility index (Phi) is 7.06. The van der Waals surface area contributed by atoms with Crippen molar-refractivity contribution >= 4 is 34.2 Å². The van der Waals surface area contributed by atoms with Crippen LogP contribution in [0.25, 0.3) is 27.9 Å². The molecule has 12 heteroatoms. The number of aryl methyl sites for hydroxylation is 2. The summed E-state index contributed by atoms with van der Waals surface area (Å²) in [5.74, 6) is -1.44. The molecule has 0 saturated heterocycles. The molecule has 4 aromatic heterocycles. The van der Waals surface area contributed by atoms with Crippen molar-refractivity contribution in [3.8, 4) is 17.3 Å². The maximum absolute atomic E-state index is 14.7. The average molecular weight is 547 g/mol. The molecule has 1 amide bonds. The molecule has 196 valence electrons. The third kappa shape index (κ3) is 4.60. The summed E-state index contributed by atoms with van der Waals surface area (Å²) >= 11 is 6.22. The molecule has 0 aliphatic rings. The zero-order chi connectivity index (χ0) is 27.7. The average Bonchev–Trinajstić information content (AvgIpc) is 3.30. The lowest BCUT2D eigenvalue weighted by atomic mass is 10.1. The number of amides is 1. The van der Waals surface area contributed by atoms with Crippen LogP contribution in [0.4, 0.5) is 4.39 Å². The molecular weight excluding hydrogens is 527 g/mol. The smallest absolute Gasteiger partial charge is 0.284 e. The summed E-state index contributed by atoms with van der Waals surface area (Å²) in [5.41, 5.74) is -0.138. The number of hydrogen-bond donors (Lipinski definition) is 0. The molecule has 4 heterocycles. The Morgan fingerprint density at radius 3 is 2.85 bits per heavy atom. The van der Waals surface area contributed by atoms with Gasteiger partial charge in [0.2, 0.25) is 0 Å². The van der Waals surface area contributed by atoms with Crippen LogP contribution in [0.3, 0.4) is 0 Å². The SMILES string of the molecule is COCCCn1c(=NC(=O)c2c(-c3c(F)cccc3Cl)noc2C)c(C#N)cc2c(=O)n3ccccc3nc21. The van der Waals surface area contributed by atoms with E-state index >= 15 is 0 Å². The van der Waals surface area contributed by atoms with Crippen LogP contribution in [0.15, 0.2) is 63.0 Å². The second-order valence-corrected chi connectivity index (χ2v) is 8.96. The Bertz CT molecular complexity index is 1920. The van der Waals surface area contributed by atoms with Crippen LogP contribution >= 0.6 is 11.6 Å². The normalized spacial score (nSPS) is 11.8. The molecule has 39 heavy (non-hydrogen) atoms. The number of hydrogen-bond acceptors (Lipinski definition) is 7. The molecule has 0 fully saturated rings. The second kappa shape index (κ2) is 10.6. The van der Waals surface area contributed by atoms with Crippen LogP contribution < -0.4 is 11.0 Å². The number of pyridine rings is 2. The first-order valence-corrected chi connectivity index (χ1v) is 12.2. The molecule has 1 aromatic carbocycles. The minimum absolute atomic E-state index is 0.0236. The van der Waals surface area contributed by atoms with E-state index in [-0.39, 0.29) is 61.8 Å². The fourth-order valence-corrected chi connectivity index (χ4v) is 4.58. The van der Waals surface area contributed by atoms with Gasteiger partial charge in [-0.1, -0.05) is 28.9 Å². The predicted molar refractivity (Wildman–Crippen MR) is 140 cm³/mol. The molecule has 0 radical (unpaired) electrons. The monoisotopic (exact) mass is 546 g/mol. The third-order valence-corrected chi connectivity index (χ3v) is 6.44. The van der Waals surface area contributed by atoms with Gasteiger partial charge in [-0.05, 0) is 43.7 Å². The number of fused-ring (bicyclic) bond motifs is 2. The zero-order valence-corrected chi connectivity index (χ0v) is 21.6. The van der Waals surface area contributed by atoms with Crippen LogP contribution in [0.2, 0.25) is 5.02 Å². The first-order chi connectivity index (χ1) is 18.8. The van der Waals surface area contributed by atoms with Gasteiger partial charge in [0.05, 0.1) is 21.5 Å². The van der Waals surface area contributed by atoms with Gasteiger partial charge in [-0.15, -0.1) is 0 Å². The molecule has 0 aliphatic carbocycles. The van der Waals surface area contributed by atoms with Crippen molar-refractivity contribution in [2.45, 2.75) is 19.9 Å². The van der Waals surface area contributed by atoms with E-state index in [1.165, 1.54) is 40.2 Å². The highest BCUT2D eigenvalue weighted by Gasteiger charge is 2.26. The van der Waals surface area contributed by atoms with Gasteiger partial charge in [-0.2, -0.15) is 10.3 Å². The van der Waals surface area contributed by atoms with E-state index in [0.717, 1.165) is 0 Å². The van der Waals surface area contributed by atoms with E-state index in [0.29, 0.717) is 18.7 Å². The summed E-state index contributed by atoms with van der Waals surface area (Å²) in [6.07, 6.45) is 2.05. The molecule has 5 rings (SSSR count). The second-order valence-electron chi connectivity index (χ2n) is 8.55. The fourth-order valence-electron chi connectivity index (χ4n) is 4.33. The molecule has 0 atom stereocenters. The molecule has 0 unspecified atom stereocenters. The van der Waals surface area contributed by atoms with Gasteiger partial charge in [0.1, 0.15) is 40.2 Å². The third-order valence-electron chi connectivity index (χ3n) is 6.12. The number of carbonyl (C=O) groups is 1. The van der Waals surface area contributed by atoms with Crippen LogP contribution in [0.5, 0.6) is 0 Å². The summed E-state index contributed by atoms with van der Waals surface area (Å²) in [6.45, 7) is 2.09. The lowest BCUT2D eigenvalue weighted by Gasteiger charge is -2.13. The first-order valence-electron chi connectivity index (χ1n) is 11.8. The topological polar surface area (TPSA) is 128 Å². The Morgan fingerprint density at radius 1 is 1.28 bits per heavy atom. The molecular formula is C27H20ClFN6O4. The van der Waals surface area contributed by atoms with Crippen LogP contribution in [0.1, 0.15) is 28.1 Å². The van der Waals surface area contributed by atoms with E-state index in [4.69, 9.17) is 20.9 Å². The number of benzene rings is 1. The van der Waals surface area contributed by atoms with Crippen molar-refractivity contribution < 1.29 is 18.4 Å². The highest BCUT2D eigenvalue weighted by molar-refractivity contribution is 6.33. The van der Waals surface area contributed by atoms with Crippen molar-refractivity contribution in [3.05, 3.63) is 92.2 Å². The summed E-state index contributed by atoms with van der Waals surface area (Å²) in [7, 11) is 1.55. The van der Waals surface area contributed by atoms with Gasteiger partial charge < -0.3 is 13.8 Å². The number of aromatic nitrogens is 4. The first kappa shape index (κ1) is 26.0. The summed E-state index contributed by atoms with van der Waals surface area (Å²) in [5, 5.41) is 14.1. The standard InChI is InChI=1S/C27H20ClFN6O4/c1-15-21(23(33-39-15)22-18(28)7-5-8-19(22)29)26(36)32-24-16(14-30)13-17-25(35(24)11-6-12-38-2)31-20-9-3-4-10-34(20)27(17)37/h3-5,7-10,13H,6,11-12H2,1-2H3. The fraction of sp³-hybridized carbons (Fsp3) is 0.185. The van der Waals surface area contributed by atoms with Crippen LogP contribution in [-0.4, -0.2) is 38.7 Å². The van der Waals surface area contributed by atoms with Crippen molar-refractivity contribution in [2.75, 3.05) is 13.7 Å². The van der Waals surface area contributed by atoms with E-state index in [9.17, 15) is 19.2 Å². The number of nitriles is 1. The lowest BCUT2D eigenvalue weighted by Crippen LogP contribution is -2.30. The zero-order valence-electron chi connectivity index (χ0n) is 20.8. The van der Waals surface area contributed by atoms with E-state index in [1.54, 1.807) is 31.5 Å². The van der Waals surface area contributed by atoms with Gasteiger partial charge in [0.25, 0.3) is 11.5 Å². The van der Waals surface area contributed by atoms with Crippen molar-refractivity contribution in [3.63, 3.8) is 0 Å². The molecule has 5 aromatic rings. The minimum atomic E-state index is -0.836.